The van der Waals surface area contributed by atoms with Gasteiger partial charge in [0.05, 0.1) is 33.9 Å². The van der Waals surface area contributed by atoms with Gasteiger partial charge in [0.2, 0.25) is 15.9 Å². The fraction of sp³-hybridized carbons (Fsp3) is 0.368. The molecule has 1 fully saturated rings. The number of nitrogens with one attached hydrogen (secondary N) is 2. The van der Waals surface area contributed by atoms with Gasteiger partial charge in [0.15, 0.2) is 11.5 Å². The van der Waals surface area contributed by atoms with Crippen molar-refractivity contribution in [3.63, 3.8) is 0 Å². The number of sulfonamides is 1. The molecule has 5 aromatic rings. The molecule has 1 amide bonds. The molecule has 2 aromatic carbocycles. The van der Waals surface area contributed by atoms with Crippen molar-refractivity contribution in [1.82, 2.24) is 29.9 Å². The van der Waals surface area contributed by atoms with Crippen LogP contribution in [0.4, 0.5) is 49.7 Å². The number of rotatable bonds is 10. The zero-order valence-electron chi connectivity index (χ0n) is 31.2. The number of alkyl halides is 8. The molecular formula is C38H30ClF10N7O3S. The minimum atomic E-state index is -5.14. The van der Waals surface area contributed by atoms with E-state index in [-0.39, 0.29) is 61.0 Å². The lowest BCUT2D eigenvalue weighted by molar-refractivity contribution is -0.142. The van der Waals surface area contributed by atoms with E-state index in [1.165, 1.54) is 24.3 Å². The molecule has 60 heavy (non-hydrogen) atoms. The van der Waals surface area contributed by atoms with Gasteiger partial charge in [0, 0.05) is 34.6 Å². The summed E-state index contributed by atoms with van der Waals surface area (Å²) in [5, 5.41) is 9.25. The molecule has 0 spiro atoms. The summed E-state index contributed by atoms with van der Waals surface area (Å²) in [6.07, 6.45) is -10.1. The number of hydrogen-bond acceptors (Lipinski definition) is 6. The van der Waals surface area contributed by atoms with Gasteiger partial charge in [0.1, 0.15) is 36.1 Å². The number of aromatic nitrogens is 5. The van der Waals surface area contributed by atoms with Crippen LogP contribution in [-0.2, 0) is 46.4 Å². The molecule has 0 aliphatic heterocycles. The highest BCUT2D eigenvalue weighted by molar-refractivity contribution is 7.92. The van der Waals surface area contributed by atoms with Crippen molar-refractivity contribution < 1.29 is 57.1 Å². The Kier molecular flexibility index (Phi) is 10.7. The third-order valence-corrected chi connectivity index (χ3v) is 10.6. The number of carbonyl (C=O) groups is 1. The molecule has 10 nitrogen and oxygen atoms in total. The van der Waals surface area contributed by atoms with Gasteiger partial charge in [-0.1, -0.05) is 37.4 Å². The van der Waals surface area contributed by atoms with Crippen LogP contribution in [0.3, 0.4) is 0 Å². The van der Waals surface area contributed by atoms with Crippen LogP contribution in [0.1, 0.15) is 66.1 Å². The highest BCUT2D eigenvalue weighted by atomic mass is 35.5. The second-order valence-corrected chi connectivity index (χ2v) is 17.0. The quantitative estimate of drug-likeness (QED) is 0.107. The van der Waals surface area contributed by atoms with Crippen LogP contribution in [0.5, 0.6) is 0 Å². The molecule has 318 valence electrons. The van der Waals surface area contributed by atoms with E-state index in [4.69, 9.17) is 11.6 Å². The molecule has 2 aliphatic rings. The number of nitrogens with zero attached hydrogens (tertiary/aromatic N) is 5. The summed E-state index contributed by atoms with van der Waals surface area (Å²) in [4.78, 5) is 18.5. The van der Waals surface area contributed by atoms with Crippen LogP contribution >= 0.6 is 11.6 Å². The number of halogens is 11. The first-order valence-corrected chi connectivity index (χ1v) is 20.1. The number of hydrogen-bond donors (Lipinski definition) is 2. The van der Waals surface area contributed by atoms with Crippen molar-refractivity contribution in [2.45, 2.75) is 70.0 Å². The van der Waals surface area contributed by atoms with Gasteiger partial charge in [-0.15, -0.1) is 0 Å². The number of pyridine rings is 1. The highest BCUT2D eigenvalue weighted by Crippen LogP contribution is 2.68. The van der Waals surface area contributed by atoms with E-state index in [1.807, 2.05) is 0 Å². The normalized spacial score (nSPS) is 17.6. The Morgan fingerprint density at radius 1 is 1.00 bits per heavy atom. The monoisotopic (exact) mass is 889 g/mol. The van der Waals surface area contributed by atoms with Crippen molar-refractivity contribution in [3.8, 4) is 23.0 Å². The average Bonchev–Trinajstić information content (AvgIpc) is 3.63. The fourth-order valence-electron chi connectivity index (χ4n) is 7.43. The van der Waals surface area contributed by atoms with E-state index in [0.29, 0.717) is 10.7 Å². The Morgan fingerprint density at radius 3 is 2.28 bits per heavy atom. The summed E-state index contributed by atoms with van der Waals surface area (Å²) in [5.41, 5.74) is -4.21. The van der Waals surface area contributed by atoms with Gasteiger partial charge >= 0.3 is 12.4 Å². The molecule has 2 aliphatic carbocycles. The summed E-state index contributed by atoms with van der Waals surface area (Å²) < 4.78 is 171. The molecule has 2 N–H and O–H groups in total. The standard InChI is InChI=1S/C38H30ClF10N7O3S/c1-17(2)4-5-21-6-7-22(23-8-9-26(39)30-32(23)56(16-36(42,43)44)53-35(30)54-60(3,58)59)31(50-21)27(12-18-10-19(40)13-20(41)11-18)51-28(57)15-55-34-29(33(52-55)38(47,48)49)24-14-25(24)37(34,45)46/h6-11,13,17,24-25,27H,12,14-16H2,1-3H3,(H,51,57)(H,53,54)/t24-,25+,27-/m0/s1. The summed E-state index contributed by atoms with van der Waals surface area (Å²) in [6.45, 7) is 0.558. The van der Waals surface area contributed by atoms with Crippen LogP contribution in [0, 0.1) is 35.3 Å². The topological polar surface area (TPSA) is 124 Å². The molecule has 0 bridgehead atoms. The first kappa shape index (κ1) is 42.8. The van der Waals surface area contributed by atoms with Crippen LogP contribution in [0.2, 0.25) is 5.02 Å². The van der Waals surface area contributed by atoms with Gasteiger partial charge in [-0.3, -0.25) is 18.9 Å². The zero-order valence-corrected chi connectivity index (χ0v) is 32.8. The Hall–Kier alpha value is -5.36. The second kappa shape index (κ2) is 15.0. The summed E-state index contributed by atoms with van der Waals surface area (Å²) in [5.74, 6) is -4.67. The SMILES string of the molecule is CC(C)C#Cc1ccc(-c2ccc(Cl)c3c(NS(C)(=O)=O)nn(CC(F)(F)F)c23)c([C@H](Cc2cc(F)cc(F)c2)NC(=O)Cn2nc(C(F)(F)F)c3c2C(F)(F)[C@@H]2C[C@H]32)n1. The van der Waals surface area contributed by atoms with E-state index in [1.54, 1.807) is 13.8 Å². The maximum Gasteiger partial charge on any atom is 0.435 e. The molecule has 0 unspecified atom stereocenters. The number of benzene rings is 2. The molecule has 0 saturated heterocycles. The van der Waals surface area contributed by atoms with E-state index < -0.39 is 106 Å². The summed E-state index contributed by atoms with van der Waals surface area (Å²) in [6, 6.07) is 5.98. The lowest BCUT2D eigenvalue weighted by atomic mass is 9.93. The van der Waals surface area contributed by atoms with E-state index in [2.05, 4.69) is 37.1 Å². The van der Waals surface area contributed by atoms with Crippen LogP contribution < -0.4 is 10.0 Å². The van der Waals surface area contributed by atoms with Crippen molar-refractivity contribution in [1.29, 1.82) is 0 Å². The van der Waals surface area contributed by atoms with Crippen LogP contribution in [0.15, 0.2) is 42.5 Å². The molecule has 3 aromatic heterocycles. The maximum atomic E-state index is 15.4. The number of carbonyl (C=O) groups excluding carboxylic acids is 1. The third kappa shape index (κ3) is 8.62. The zero-order chi connectivity index (χ0) is 43.9. The molecule has 1 saturated carbocycles. The number of fused-ring (bicyclic) bond motifs is 4. The van der Waals surface area contributed by atoms with Gasteiger partial charge in [-0.05, 0) is 60.6 Å². The number of anilines is 1. The molecule has 0 radical (unpaired) electrons. The van der Waals surface area contributed by atoms with E-state index >= 15 is 8.78 Å². The van der Waals surface area contributed by atoms with E-state index in [0.717, 1.165) is 18.4 Å². The fourth-order valence-corrected chi connectivity index (χ4v) is 8.17. The largest absolute Gasteiger partial charge is 0.435 e. The molecule has 3 heterocycles. The van der Waals surface area contributed by atoms with Gasteiger partial charge < -0.3 is 5.32 Å². The third-order valence-electron chi connectivity index (χ3n) is 9.68. The molecule has 7 rings (SSSR count). The van der Waals surface area contributed by atoms with Gasteiger partial charge in [-0.2, -0.15) is 45.3 Å². The Morgan fingerprint density at radius 2 is 1.67 bits per heavy atom. The van der Waals surface area contributed by atoms with Crippen LogP contribution in [-0.4, -0.2) is 51.3 Å². The second-order valence-electron chi connectivity index (χ2n) is 14.8. The van der Waals surface area contributed by atoms with Crippen molar-refractivity contribution >= 4 is 44.3 Å². The summed E-state index contributed by atoms with van der Waals surface area (Å²) >= 11 is 6.45. The van der Waals surface area contributed by atoms with Crippen molar-refractivity contribution in [3.05, 3.63) is 93.0 Å². The predicted molar refractivity (Wildman–Crippen MR) is 197 cm³/mol. The average molecular weight is 890 g/mol. The lowest BCUT2D eigenvalue weighted by Crippen LogP contribution is -2.35. The molecule has 3 atom stereocenters. The highest BCUT2D eigenvalue weighted by Gasteiger charge is 2.68. The molecule has 22 heteroatoms. The minimum Gasteiger partial charge on any atom is -0.346 e. The smallest absolute Gasteiger partial charge is 0.346 e. The predicted octanol–water partition coefficient (Wildman–Crippen LogP) is 8.50. The van der Waals surface area contributed by atoms with Crippen molar-refractivity contribution in [2.24, 2.45) is 11.8 Å². The molecular weight excluding hydrogens is 860 g/mol. The van der Waals surface area contributed by atoms with Gasteiger partial charge in [0.25, 0.3) is 5.92 Å². The Bertz CT molecular complexity index is 2720. The first-order chi connectivity index (χ1) is 27.8. The van der Waals surface area contributed by atoms with Gasteiger partial charge in [-0.25, -0.2) is 22.2 Å². The Labute approximate surface area is 339 Å². The number of amides is 1. The summed E-state index contributed by atoms with van der Waals surface area (Å²) in [7, 11) is -4.15. The van der Waals surface area contributed by atoms with E-state index in [9.17, 15) is 48.3 Å². The maximum absolute atomic E-state index is 15.4. The lowest BCUT2D eigenvalue weighted by Gasteiger charge is -2.23. The van der Waals surface area contributed by atoms with Crippen LogP contribution in [0.25, 0.3) is 22.0 Å². The Balaban J connectivity index is 1.42. The minimum absolute atomic E-state index is 0.0270. The van der Waals surface area contributed by atoms with Crippen molar-refractivity contribution in [2.75, 3.05) is 11.0 Å². The first-order valence-electron chi connectivity index (χ1n) is 17.9.